The SMILES string of the molecule is Cc1ccccc1C(=O)N/C(=C\c1ccco1)C(=O)NCc1ccc(N2CCN(C)CC2)cc1. The molecule has 0 radical (unpaired) electrons. The van der Waals surface area contributed by atoms with Crippen LogP contribution in [0.5, 0.6) is 0 Å². The topological polar surface area (TPSA) is 77.8 Å². The third-order valence-corrected chi connectivity index (χ3v) is 5.97. The zero-order chi connectivity index (χ0) is 23.9. The lowest BCUT2D eigenvalue weighted by atomic mass is 10.1. The highest BCUT2D eigenvalue weighted by atomic mass is 16.3. The van der Waals surface area contributed by atoms with Crippen LogP contribution in [0.4, 0.5) is 5.69 Å². The molecule has 0 saturated carbocycles. The molecule has 1 aromatic heterocycles. The van der Waals surface area contributed by atoms with E-state index >= 15 is 0 Å². The number of benzene rings is 2. The molecule has 2 N–H and O–H groups in total. The molecule has 176 valence electrons. The molecule has 0 bridgehead atoms. The molecule has 7 nitrogen and oxygen atoms in total. The number of carbonyl (C=O) groups excluding carboxylic acids is 2. The maximum absolute atomic E-state index is 13.0. The number of likely N-dealkylation sites (N-methyl/N-ethyl adjacent to an activating group) is 1. The summed E-state index contributed by atoms with van der Waals surface area (Å²) in [4.78, 5) is 30.5. The highest BCUT2D eigenvalue weighted by Crippen LogP contribution is 2.17. The Morgan fingerprint density at radius 3 is 2.38 bits per heavy atom. The largest absolute Gasteiger partial charge is 0.465 e. The first kappa shape index (κ1) is 23.3. The van der Waals surface area contributed by atoms with Gasteiger partial charge >= 0.3 is 0 Å². The number of nitrogens with one attached hydrogen (secondary N) is 2. The molecule has 4 rings (SSSR count). The van der Waals surface area contributed by atoms with Gasteiger partial charge in [0.15, 0.2) is 0 Å². The average molecular weight is 459 g/mol. The molecule has 1 fully saturated rings. The molecule has 3 aromatic rings. The molecule has 1 aliphatic heterocycles. The zero-order valence-electron chi connectivity index (χ0n) is 19.6. The van der Waals surface area contributed by atoms with Gasteiger partial charge in [0.05, 0.1) is 6.26 Å². The number of hydrogen-bond donors (Lipinski definition) is 2. The summed E-state index contributed by atoms with van der Waals surface area (Å²) < 4.78 is 5.35. The van der Waals surface area contributed by atoms with Gasteiger partial charge in [-0.25, -0.2) is 0 Å². The summed E-state index contributed by atoms with van der Waals surface area (Å²) in [6.45, 7) is 6.32. The van der Waals surface area contributed by atoms with Gasteiger partial charge < -0.3 is 24.9 Å². The Balaban J connectivity index is 1.41. The smallest absolute Gasteiger partial charge is 0.268 e. The minimum atomic E-state index is -0.388. The molecular formula is C27H30N4O3. The van der Waals surface area contributed by atoms with Crippen molar-refractivity contribution in [2.75, 3.05) is 38.1 Å². The third-order valence-electron chi connectivity index (χ3n) is 5.97. The van der Waals surface area contributed by atoms with Crippen LogP contribution in [0.2, 0.25) is 0 Å². The fourth-order valence-electron chi connectivity index (χ4n) is 3.86. The van der Waals surface area contributed by atoms with Gasteiger partial charge in [-0.1, -0.05) is 30.3 Å². The van der Waals surface area contributed by atoms with E-state index in [1.807, 2.05) is 31.2 Å². The van der Waals surface area contributed by atoms with Crippen LogP contribution in [-0.4, -0.2) is 49.9 Å². The van der Waals surface area contributed by atoms with Gasteiger partial charge in [-0.2, -0.15) is 0 Å². The highest BCUT2D eigenvalue weighted by Gasteiger charge is 2.17. The first-order valence-corrected chi connectivity index (χ1v) is 11.4. The van der Waals surface area contributed by atoms with Gasteiger partial charge in [0.25, 0.3) is 11.8 Å². The highest BCUT2D eigenvalue weighted by molar-refractivity contribution is 6.05. The lowest BCUT2D eigenvalue weighted by Gasteiger charge is -2.34. The molecule has 2 aromatic carbocycles. The number of hydrogen-bond acceptors (Lipinski definition) is 5. The average Bonchev–Trinajstić information content (AvgIpc) is 3.36. The minimum Gasteiger partial charge on any atom is -0.465 e. The molecule has 0 spiro atoms. The Bertz CT molecular complexity index is 1140. The minimum absolute atomic E-state index is 0.122. The molecule has 0 aliphatic carbocycles. The van der Waals surface area contributed by atoms with Crippen LogP contribution in [0.3, 0.4) is 0 Å². The van der Waals surface area contributed by atoms with Crippen molar-refractivity contribution in [3.63, 3.8) is 0 Å². The molecule has 2 amide bonds. The second kappa shape index (κ2) is 10.9. The Morgan fingerprint density at radius 2 is 1.71 bits per heavy atom. The van der Waals surface area contributed by atoms with Gasteiger partial charge in [-0.05, 0) is 55.4 Å². The summed E-state index contributed by atoms with van der Waals surface area (Å²) in [6, 6.07) is 18.9. The van der Waals surface area contributed by atoms with Crippen molar-refractivity contribution in [2.45, 2.75) is 13.5 Å². The molecule has 1 saturated heterocycles. The first-order valence-electron chi connectivity index (χ1n) is 11.4. The normalized spacial score (nSPS) is 14.6. The van der Waals surface area contributed by atoms with Crippen LogP contribution in [0.1, 0.15) is 27.2 Å². The van der Waals surface area contributed by atoms with Gasteiger partial charge in [-0.3, -0.25) is 9.59 Å². The number of carbonyl (C=O) groups is 2. The van der Waals surface area contributed by atoms with E-state index in [-0.39, 0.29) is 17.5 Å². The van der Waals surface area contributed by atoms with E-state index in [1.54, 1.807) is 24.3 Å². The summed E-state index contributed by atoms with van der Waals surface area (Å²) in [5.74, 6) is -0.254. The van der Waals surface area contributed by atoms with Crippen molar-refractivity contribution in [1.29, 1.82) is 0 Å². The van der Waals surface area contributed by atoms with E-state index in [1.165, 1.54) is 18.0 Å². The number of nitrogens with zero attached hydrogens (tertiary/aromatic N) is 2. The van der Waals surface area contributed by atoms with Crippen LogP contribution in [0.25, 0.3) is 6.08 Å². The molecule has 2 heterocycles. The third kappa shape index (κ3) is 5.94. The summed E-state index contributed by atoms with van der Waals surface area (Å²) in [5, 5.41) is 5.65. The molecule has 1 aliphatic rings. The fourth-order valence-corrected chi connectivity index (χ4v) is 3.86. The van der Waals surface area contributed by atoms with Gasteiger partial charge in [0.1, 0.15) is 11.5 Å². The summed E-state index contributed by atoms with van der Waals surface area (Å²) >= 11 is 0. The Morgan fingerprint density at radius 1 is 0.971 bits per heavy atom. The Labute approximate surface area is 200 Å². The van der Waals surface area contributed by atoms with E-state index in [4.69, 9.17) is 4.42 Å². The van der Waals surface area contributed by atoms with Gasteiger partial charge in [0, 0.05) is 50.1 Å². The summed E-state index contributed by atoms with van der Waals surface area (Å²) in [5.41, 5.74) is 3.64. The van der Waals surface area contributed by atoms with Crippen molar-refractivity contribution >= 4 is 23.6 Å². The number of aryl methyl sites for hydroxylation is 1. The van der Waals surface area contributed by atoms with Crippen molar-refractivity contribution in [1.82, 2.24) is 15.5 Å². The van der Waals surface area contributed by atoms with E-state index < -0.39 is 0 Å². The van der Waals surface area contributed by atoms with Crippen LogP contribution < -0.4 is 15.5 Å². The number of anilines is 1. The van der Waals surface area contributed by atoms with E-state index in [0.717, 1.165) is 37.3 Å². The van der Waals surface area contributed by atoms with E-state index in [0.29, 0.717) is 17.9 Å². The quantitative estimate of drug-likeness (QED) is 0.531. The second-order valence-corrected chi connectivity index (χ2v) is 8.48. The lowest BCUT2D eigenvalue weighted by Crippen LogP contribution is -2.44. The van der Waals surface area contributed by atoms with Crippen LogP contribution in [0.15, 0.2) is 77.0 Å². The second-order valence-electron chi connectivity index (χ2n) is 8.48. The maximum Gasteiger partial charge on any atom is 0.268 e. The number of rotatable bonds is 7. The van der Waals surface area contributed by atoms with Gasteiger partial charge in [-0.15, -0.1) is 0 Å². The molecule has 34 heavy (non-hydrogen) atoms. The number of piperazine rings is 1. The lowest BCUT2D eigenvalue weighted by molar-refractivity contribution is -0.117. The molecule has 7 heteroatoms. The van der Waals surface area contributed by atoms with Crippen molar-refractivity contribution in [2.24, 2.45) is 0 Å². The van der Waals surface area contributed by atoms with E-state index in [2.05, 4.69) is 39.6 Å². The zero-order valence-corrected chi connectivity index (χ0v) is 19.6. The monoisotopic (exact) mass is 458 g/mol. The number of amides is 2. The van der Waals surface area contributed by atoms with Crippen LogP contribution >= 0.6 is 0 Å². The summed E-state index contributed by atoms with van der Waals surface area (Å²) in [7, 11) is 2.14. The predicted octanol–water partition coefficient (Wildman–Crippen LogP) is 3.43. The Hall–Kier alpha value is -3.84. The maximum atomic E-state index is 13.0. The van der Waals surface area contributed by atoms with Gasteiger partial charge in [0.2, 0.25) is 0 Å². The van der Waals surface area contributed by atoms with Crippen molar-refractivity contribution in [3.8, 4) is 0 Å². The fraction of sp³-hybridized carbons (Fsp3) is 0.259. The van der Waals surface area contributed by atoms with Crippen molar-refractivity contribution in [3.05, 3.63) is 95.1 Å². The molecular weight excluding hydrogens is 428 g/mol. The Kier molecular flexibility index (Phi) is 7.44. The standard InChI is InChI=1S/C27H30N4O3/c1-20-6-3-4-8-24(20)26(32)29-25(18-23-7-5-17-34-23)27(33)28-19-21-9-11-22(12-10-21)31-15-13-30(2)14-16-31/h3-12,17-18H,13-16,19H2,1-2H3,(H,28,33)(H,29,32)/b25-18-. The molecule has 0 atom stereocenters. The van der Waals surface area contributed by atoms with Crippen LogP contribution in [-0.2, 0) is 11.3 Å². The molecule has 0 unspecified atom stereocenters. The number of furan rings is 1. The summed E-state index contributed by atoms with van der Waals surface area (Å²) in [6.07, 6.45) is 3.05. The first-order chi connectivity index (χ1) is 16.5. The predicted molar refractivity (Wildman–Crippen MR) is 133 cm³/mol. The van der Waals surface area contributed by atoms with Crippen LogP contribution in [0, 0.1) is 6.92 Å². The van der Waals surface area contributed by atoms with E-state index in [9.17, 15) is 9.59 Å². The van der Waals surface area contributed by atoms with Crippen molar-refractivity contribution < 1.29 is 14.0 Å².